The van der Waals surface area contributed by atoms with Crippen molar-refractivity contribution in [2.45, 2.75) is 20.8 Å². The fourth-order valence-corrected chi connectivity index (χ4v) is 2.80. The van der Waals surface area contributed by atoms with Crippen molar-refractivity contribution in [2.24, 2.45) is 0 Å². The molecule has 1 aromatic heterocycles. The number of aromatic nitrogens is 2. The lowest BCUT2D eigenvalue weighted by molar-refractivity contribution is -0.114. The molecule has 122 valence electrons. The van der Waals surface area contributed by atoms with E-state index in [9.17, 15) is 9.59 Å². The topological polar surface area (TPSA) is 56.0 Å². The lowest BCUT2D eigenvalue weighted by atomic mass is 10.2. The molecule has 0 unspecified atom stereocenters. The van der Waals surface area contributed by atoms with Crippen LogP contribution < -0.4 is 10.9 Å². The predicted molar refractivity (Wildman–Crippen MR) is 95.1 cm³/mol. The van der Waals surface area contributed by atoms with Crippen LogP contribution in [0.2, 0.25) is 0 Å². The monoisotopic (exact) mass is 321 g/mol. The van der Waals surface area contributed by atoms with Gasteiger partial charge in [-0.15, -0.1) is 0 Å². The summed E-state index contributed by atoms with van der Waals surface area (Å²) >= 11 is 0. The summed E-state index contributed by atoms with van der Waals surface area (Å²) in [4.78, 5) is 24.4. The Morgan fingerprint density at radius 1 is 0.917 bits per heavy atom. The third-order valence-electron chi connectivity index (χ3n) is 3.83. The number of anilines is 1. The van der Waals surface area contributed by atoms with Crippen molar-refractivity contribution < 1.29 is 4.79 Å². The minimum Gasteiger partial charge on any atom is -0.320 e. The number of rotatable bonds is 3. The first kappa shape index (κ1) is 15.8. The first-order chi connectivity index (χ1) is 11.5. The second-order valence-corrected chi connectivity index (χ2v) is 5.74. The maximum absolute atomic E-state index is 12.9. The number of para-hydroxylation sites is 1. The number of carbonyl (C=O) groups is 1. The van der Waals surface area contributed by atoms with Crippen LogP contribution in [0.25, 0.3) is 11.4 Å². The maximum atomic E-state index is 12.9. The van der Waals surface area contributed by atoms with Gasteiger partial charge >= 0.3 is 0 Å². The molecule has 0 aliphatic heterocycles. The smallest absolute Gasteiger partial charge is 0.295 e. The lowest BCUT2D eigenvalue weighted by Gasteiger charge is -2.14. The van der Waals surface area contributed by atoms with Crippen molar-refractivity contribution in [1.82, 2.24) is 9.36 Å². The van der Waals surface area contributed by atoms with E-state index in [0.29, 0.717) is 11.4 Å². The molecule has 3 aromatic rings. The van der Waals surface area contributed by atoms with E-state index < -0.39 is 0 Å². The highest BCUT2D eigenvalue weighted by Gasteiger charge is 2.20. The number of aryl methyl sites for hydroxylation is 1. The van der Waals surface area contributed by atoms with Gasteiger partial charge in [0, 0.05) is 6.92 Å². The number of benzene rings is 2. The van der Waals surface area contributed by atoms with Crippen molar-refractivity contribution in [3.05, 3.63) is 76.2 Å². The summed E-state index contributed by atoms with van der Waals surface area (Å²) in [6.45, 7) is 5.23. The van der Waals surface area contributed by atoms with Gasteiger partial charge in [-0.05, 0) is 43.7 Å². The number of carbonyl (C=O) groups excluding carboxylic acids is 1. The van der Waals surface area contributed by atoms with Crippen LogP contribution in [-0.2, 0) is 4.79 Å². The number of amides is 1. The van der Waals surface area contributed by atoms with Gasteiger partial charge in [-0.3, -0.25) is 9.59 Å². The Morgan fingerprint density at radius 3 is 2.21 bits per heavy atom. The van der Waals surface area contributed by atoms with E-state index in [1.54, 1.807) is 4.68 Å². The zero-order valence-electron chi connectivity index (χ0n) is 13.9. The largest absolute Gasteiger partial charge is 0.320 e. The number of hydrogen-bond donors (Lipinski definition) is 1. The van der Waals surface area contributed by atoms with Gasteiger partial charge in [0.2, 0.25) is 5.91 Å². The minimum atomic E-state index is -0.267. The first-order valence-corrected chi connectivity index (χ1v) is 7.73. The normalized spacial score (nSPS) is 10.6. The summed E-state index contributed by atoms with van der Waals surface area (Å²) in [7, 11) is 0. The van der Waals surface area contributed by atoms with E-state index in [2.05, 4.69) is 5.32 Å². The third kappa shape index (κ3) is 2.76. The molecule has 1 amide bonds. The maximum Gasteiger partial charge on any atom is 0.295 e. The second-order valence-electron chi connectivity index (χ2n) is 5.74. The van der Waals surface area contributed by atoms with Crippen LogP contribution in [0.4, 0.5) is 5.69 Å². The molecular weight excluding hydrogens is 302 g/mol. The molecule has 5 nitrogen and oxygen atoms in total. The molecule has 1 N–H and O–H groups in total. The first-order valence-electron chi connectivity index (χ1n) is 7.73. The number of nitrogens with zero attached hydrogens (tertiary/aromatic N) is 2. The Morgan fingerprint density at radius 2 is 1.58 bits per heavy atom. The predicted octanol–water partition coefficient (Wildman–Crippen LogP) is 3.20. The summed E-state index contributed by atoms with van der Waals surface area (Å²) < 4.78 is 3.41. The van der Waals surface area contributed by atoms with E-state index in [-0.39, 0.29) is 11.5 Å². The third-order valence-corrected chi connectivity index (χ3v) is 3.83. The van der Waals surface area contributed by atoms with Crippen LogP contribution in [0.3, 0.4) is 0 Å². The van der Waals surface area contributed by atoms with Crippen molar-refractivity contribution in [3.8, 4) is 11.4 Å². The SMILES string of the molecule is CC(=O)Nc1c(C)n(-c2cccc(C)c2)n(-c2ccccc2)c1=O. The quantitative estimate of drug-likeness (QED) is 0.805. The highest BCUT2D eigenvalue weighted by Crippen LogP contribution is 2.21. The Kier molecular flexibility index (Phi) is 4.08. The van der Waals surface area contributed by atoms with Gasteiger partial charge in [0.05, 0.1) is 17.1 Å². The van der Waals surface area contributed by atoms with Crippen LogP contribution in [0.15, 0.2) is 59.4 Å². The van der Waals surface area contributed by atoms with Crippen LogP contribution >= 0.6 is 0 Å². The summed E-state index contributed by atoms with van der Waals surface area (Å²) in [5.41, 5.74) is 3.43. The number of hydrogen-bond acceptors (Lipinski definition) is 2. The molecule has 2 aromatic carbocycles. The molecule has 5 heteroatoms. The Labute approximate surface area is 140 Å². The van der Waals surface area contributed by atoms with Gasteiger partial charge in [0.1, 0.15) is 5.69 Å². The fraction of sp³-hybridized carbons (Fsp3) is 0.158. The van der Waals surface area contributed by atoms with Gasteiger partial charge < -0.3 is 5.32 Å². The molecule has 0 atom stereocenters. The highest BCUT2D eigenvalue weighted by atomic mass is 16.2. The molecule has 0 saturated carbocycles. The standard InChI is InChI=1S/C19H19N3O2/c1-13-8-7-11-17(12-13)21-14(2)18(20-15(3)23)19(24)22(21)16-9-5-4-6-10-16/h4-12H,1-3H3,(H,20,23). The van der Waals surface area contributed by atoms with Crippen molar-refractivity contribution >= 4 is 11.6 Å². The Bertz CT molecular complexity index is 952. The lowest BCUT2D eigenvalue weighted by Crippen LogP contribution is -2.22. The van der Waals surface area contributed by atoms with E-state index in [1.165, 1.54) is 6.92 Å². The molecule has 0 aliphatic carbocycles. The summed E-state index contributed by atoms with van der Waals surface area (Å²) in [6, 6.07) is 17.3. The van der Waals surface area contributed by atoms with Crippen molar-refractivity contribution in [2.75, 3.05) is 5.32 Å². The highest BCUT2D eigenvalue weighted by molar-refractivity contribution is 5.89. The molecular formula is C19H19N3O2. The van der Waals surface area contributed by atoms with E-state index >= 15 is 0 Å². The average molecular weight is 321 g/mol. The van der Waals surface area contributed by atoms with E-state index in [0.717, 1.165) is 16.9 Å². The molecule has 24 heavy (non-hydrogen) atoms. The molecule has 0 radical (unpaired) electrons. The molecule has 3 rings (SSSR count). The zero-order valence-corrected chi connectivity index (χ0v) is 13.9. The summed E-state index contributed by atoms with van der Waals surface area (Å²) in [5.74, 6) is -0.267. The van der Waals surface area contributed by atoms with Crippen LogP contribution in [0.1, 0.15) is 18.2 Å². The molecule has 0 bridgehead atoms. The van der Waals surface area contributed by atoms with Gasteiger partial charge in [0.25, 0.3) is 5.56 Å². The van der Waals surface area contributed by atoms with E-state index in [1.807, 2.05) is 73.1 Å². The van der Waals surface area contributed by atoms with E-state index in [4.69, 9.17) is 0 Å². The Balaban J connectivity index is 2.34. The second kappa shape index (κ2) is 6.20. The molecule has 0 saturated heterocycles. The van der Waals surface area contributed by atoms with Crippen LogP contribution in [0.5, 0.6) is 0 Å². The van der Waals surface area contributed by atoms with Gasteiger partial charge in [-0.2, -0.15) is 0 Å². The zero-order chi connectivity index (χ0) is 17.3. The summed E-state index contributed by atoms with van der Waals surface area (Å²) in [6.07, 6.45) is 0. The van der Waals surface area contributed by atoms with Crippen molar-refractivity contribution in [3.63, 3.8) is 0 Å². The van der Waals surface area contributed by atoms with Gasteiger partial charge in [-0.1, -0.05) is 30.3 Å². The number of nitrogens with one attached hydrogen (secondary N) is 1. The van der Waals surface area contributed by atoms with Crippen LogP contribution in [0, 0.1) is 13.8 Å². The van der Waals surface area contributed by atoms with Gasteiger partial charge in [0.15, 0.2) is 0 Å². The van der Waals surface area contributed by atoms with Crippen molar-refractivity contribution in [1.29, 1.82) is 0 Å². The van der Waals surface area contributed by atoms with Crippen LogP contribution in [-0.4, -0.2) is 15.3 Å². The molecule has 0 aliphatic rings. The minimum absolute atomic E-state index is 0.254. The van der Waals surface area contributed by atoms with Gasteiger partial charge in [-0.25, -0.2) is 9.36 Å². The average Bonchev–Trinajstić information content (AvgIpc) is 2.80. The molecule has 1 heterocycles. The molecule has 0 fully saturated rings. The molecule has 0 spiro atoms. The Hall–Kier alpha value is -3.08. The summed E-state index contributed by atoms with van der Waals surface area (Å²) in [5, 5.41) is 2.66. The fourth-order valence-electron chi connectivity index (χ4n) is 2.80.